The zero-order valence-electron chi connectivity index (χ0n) is 11.4. The quantitative estimate of drug-likeness (QED) is 0.871. The van der Waals surface area contributed by atoms with Crippen LogP contribution in [0.5, 0.6) is 0 Å². The number of nitrogens with zero attached hydrogens (tertiary/aromatic N) is 1. The molecule has 0 saturated heterocycles. The van der Waals surface area contributed by atoms with E-state index < -0.39 is 5.60 Å². The lowest BCUT2D eigenvalue weighted by molar-refractivity contribution is 0.0775. The summed E-state index contributed by atoms with van der Waals surface area (Å²) in [5.41, 5.74) is 4.19. The molecule has 0 atom stereocenters. The first-order chi connectivity index (χ1) is 8.38. The van der Waals surface area contributed by atoms with Crippen LogP contribution in [0.4, 0.5) is 0 Å². The maximum absolute atomic E-state index is 10.0. The van der Waals surface area contributed by atoms with Crippen LogP contribution in [0.1, 0.15) is 30.7 Å². The molecule has 1 aromatic carbocycles. The molecule has 2 heteroatoms. The SMILES string of the molecule is Cc1ccc(-c2ccc(C(C)(C)O)c(C)n2)cc1. The van der Waals surface area contributed by atoms with Crippen molar-refractivity contribution < 1.29 is 5.11 Å². The van der Waals surface area contributed by atoms with Gasteiger partial charge in [-0.1, -0.05) is 35.9 Å². The Morgan fingerprint density at radius 3 is 2.06 bits per heavy atom. The number of aliphatic hydroxyl groups is 1. The fraction of sp³-hybridized carbons (Fsp3) is 0.312. The molecule has 0 radical (unpaired) electrons. The molecule has 0 spiro atoms. The Balaban J connectivity index is 2.43. The monoisotopic (exact) mass is 241 g/mol. The average molecular weight is 241 g/mol. The molecule has 0 amide bonds. The molecule has 0 unspecified atom stereocenters. The van der Waals surface area contributed by atoms with Gasteiger partial charge < -0.3 is 5.11 Å². The molecule has 0 saturated carbocycles. The molecule has 1 heterocycles. The van der Waals surface area contributed by atoms with Crippen molar-refractivity contribution in [2.45, 2.75) is 33.3 Å². The molecule has 0 aliphatic carbocycles. The van der Waals surface area contributed by atoms with Gasteiger partial charge in [-0.15, -0.1) is 0 Å². The van der Waals surface area contributed by atoms with Gasteiger partial charge in [0, 0.05) is 16.8 Å². The second kappa shape index (κ2) is 4.54. The lowest BCUT2D eigenvalue weighted by Gasteiger charge is -2.20. The number of hydrogen-bond donors (Lipinski definition) is 1. The molecule has 18 heavy (non-hydrogen) atoms. The Kier molecular flexibility index (Phi) is 3.22. The number of rotatable bonds is 2. The smallest absolute Gasteiger partial charge is 0.0857 e. The van der Waals surface area contributed by atoms with Gasteiger partial charge in [-0.3, -0.25) is 4.98 Å². The first-order valence-electron chi connectivity index (χ1n) is 6.15. The number of pyridine rings is 1. The standard InChI is InChI=1S/C16H19NO/c1-11-5-7-13(8-6-11)15-10-9-14(12(2)17-15)16(3,4)18/h5-10,18H,1-4H3. The van der Waals surface area contributed by atoms with Crippen LogP contribution in [-0.2, 0) is 5.60 Å². The molecular weight excluding hydrogens is 222 g/mol. The van der Waals surface area contributed by atoms with E-state index in [-0.39, 0.29) is 0 Å². The van der Waals surface area contributed by atoms with Crippen molar-refractivity contribution in [3.63, 3.8) is 0 Å². The van der Waals surface area contributed by atoms with Crippen LogP contribution < -0.4 is 0 Å². The van der Waals surface area contributed by atoms with Gasteiger partial charge >= 0.3 is 0 Å². The Morgan fingerprint density at radius 1 is 0.944 bits per heavy atom. The van der Waals surface area contributed by atoms with E-state index in [1.807, 2.05) is 19.1 Å². The van der Waals surface area contributed by atoms with Crippen molar-refractivity contribution >= 4 is 0 Å². The summed E-state index contributed by atoms with van der Waals surface area (Å²) in [5.74, 6) is 0. The molecule has 0 aliphatic heterocycles. The molecule has 0 bridgehead atoms. The third-order valence-electron chi connectivity index (χ3n) is 3.09. The molecular formula is C16H19NO. The minimum Gasteiger partial charge on any atom is -0.386 e. The average Bonchev–Trinajstić information content (AvgIpc) is 2.28. The van der Waals surface area contributed by atoms with E-state index in [0.717, 1.165) is 22.5 Å². The minimum absolute atomic E-state index is 0.844. The molecule has 0 fully saturated rings. The summed E-state index contributed by atoms with van der Waals surface area (Å²) in [7, 11) is 0. The Labute approximate surface area is 108 Å². The van der Waals surface area contributed by atoms with Crippen LogP contribution in [0.2, 0.25) is 0 Å². The van der Waals surface area contributed by atoms with E-state index >= 15 is 0 Å². The summed E-state index contributed by atoms with van der Waals surface area (Å²) < 4.78 is 0. The highest BCUT2D eigenvalue weighted by molar-refractivity contribution is 5.60. The van der Waals surface area contributed by atoms with E-state index in [1.54, 1.807) is 13.8 Å². The van der Waals surface area contributed by atoms with E-state index in [4.69, 9.17) is 0 Å². The van der Waals surface area contributed by atoms with Crippen LogP contribution in [0.3, 0.4) is 0 Å². The van der Waals surface area contributed by atoms with E-state index in [1.165, 1.54) is 5.56 Å². The van der Waals surface area contributed by atoms with Crippen LogP contribution in [-0.4, -0.2) is 10.1 Å². The molecule has 94 valence electrons. The van der Waals surface area contributed by atoms with Gasteiger partial charge in [0.15, 0.2) is 0 Å². The first-order valence-corrected chi connectivity index (χ1v) is 6.15. The third-order valence-corrected chi connectivity index (χ3v) is 3.09. The number of aromatic nitrogens is 1. The zero-order chi connectivity index (χ0) is 13.3. The van der Waals surface area contributed by atoms with Crippen LogP contribution in [0.25, 0.3) is 11.3 Å². The highest BCUT2D eigenvalue weighted by atomic mass is 16.3. The van der Waals surface area contributed by atoms with Crippen molar-refractivity contribution in [1.29, 1.82) is 0 Å². The molecule has 2 aromatic rings. The molecule has 2 nitrogen and oxygen atoms in total. The molecule has 1 N–H and O–H groups in total. The summed E-state index contributed by atoms with van der Waals surface area (Å²) in [6.07, 6.45) is 0. The second-order valence-corrected chi connectivity index (χ2v) is 5.25. The van der Waals surface area contributed by atoms with E-state index in [0.29, 0.717) is 0 Å². The molecule has 2 rings (SSSR count). The fourth-order valence-electron chi connectivity index (χ4n) is 2.09. The van der Waals surface area contributed by atoms with Gasteiger partial charge in [0.25, 0.3) is 0 Å². The van der Waals surface area contributed by atoms with Crippen LogP contribution >= 0.6 is 0 Å². The van der Waals surface area contributed by atoms with E-state index in [2.05, 4.69) is 36.2 Å². The summed E-state index contributed by atoms with van der Waals surface area (Å²) in [5, 5.41) is 10.0. The molecule has 0 aliphatic rings. The van der Waals surface area contributed by atoms with Gasteiger partial charge in [-0.2, -0.15) is 0 Å². The predicted molar refractivity (Wildman–Crippen MR) is 74.4 cm³/mol. The van der Waals surface area contributed by atoms with Gasteiger partial charge in [0.05, 0.1) is 11.3 Å². The van der Waals surface area contributed by atoms with Gasteiger partial charge in [-0.05, 0) is 33.8 Å². The Morgan fingerprint density at radius 2 is 1.56 bits per heavy atom. The predicted octanol–water partition coefficient (Wildman–Crippen LogP) is 3.59. The van der Waals surface area contributed by atoms with Crippen molar-refractivity contribution in [2.75, 3.05) is 0 Å². The first kappa shape index (κ1) is 12.8. The number of aryl methyl sites for hydroxylation is 2. The lowest BCUT2D eigenvalue weighted by Crippen LogP contribution is -2.17. The van der Waals surface area contributed by atoms with E-state index in [9.17, 15) is 5.11 Å². The minimum atomic E-state index is -0.844. The second-order valence-electron chi connectivity index (χ2n) is 5.25. The molecule has 1 aromatic heterocycles. The summed E-state index contributed by atoms with van der Waals surface area (Å²) in [6.45, 7) is 7.57. The normalized spacial score (nSPS) is 11.6. The highest BCUT2D eigenvalue weighted by Crippen LogP contribution is 2.25. The van der Waals surface area contributed by atoms with Gasteiger partial charge in [-0.25, -0.2) is 0 Å². The number of benzene rings is 1. The lowest BCUT2D eigenvalue weighted by atomic mass is 9.96. The summed E-state index contributed by atoms with van der Waals surface area (Å²) in [6, 6.07) is 12.2. The fourth-order valence-corrected chi connectivity index (χ4v) is 2.09. The third kappa shape index (κ3) is 2.59. The number of hydrogen-bond acceptors (Lipinski definition) is 2. The maximum Gasteiger partial charge on any atom is 0.0857 e. The zero-order valence-corrected chi connectivity index (χ0v) is 11.4. The Hall–Kier alpha value is -1.67. The maximum atomic E-state index is 10.0. The summed E-state index contributed by atoms with van der Waals surface area (Å²) >= 11 is 0. The van der Waals surface area contributed by atoms with Crippen molar-refractivity contribution in [1.82, 2.24) is 4.98 Å². The van der Waals surface area contributed by atoms with Gasteiger partial charge in [0.1, 0.15) is 0 Å². The summed E-state index contributed by atoms with van der Waals surface area (Å²) in [4.78, 5) is 4.58. The van der Waals surface area contributed by atoms with Crippen molar-refractivity contribution in [3.05, 3.63) is 53.2 Å². The highest BCUT2D eigenvalue weighted by Gasteiger charge is 2.19. The van der Waals surface area contributed by atoms with Crippen LogP contribution in [0.15, 0.2) is 36.4 Å². The van der Waals surface area contributed by atoms with Crippen LogP contribution in [0, 0.1) is 13.8 Å². The Bertz CT molecular complexity index is 550. The topological polar surface area (TPSA) is 33.1 Å². The van der Waals surface area contributed by atoms with Crippen molar-refractivity contribution in [3.8, 4) is 11.3 Å². The van der Waals surface area contributed by atoms with Gasteiger partial charge in [0.2, 0.25) is 0 Å². The largest absolute Gasteiger partial charge is 0.386 e. The van der Waals surface area contributed by atoms with Crippen molar-refractivity contribution in [2.24, 2.45) is 0 Å².